The number of oxazole rings is 1. The molecule has 1 aromatic carbocycles. The van der Waals surface area contributed by atoms with E-state index in [0.717, 1.165) is 21.4 Å². The Hall–Kier alpha value is -2.57. The van der Waals surface area contributed by atoms with Gasteiger partial charge in [0.25, 0.3) is 0 Å². The largest absolute Gasteiger partial charge is 0.550 e. The Bertz CT molecular complexity index is 1050. The van der Waals surface area contributed by atoms with Crippen molar-refractivity contribution >= 4 is 39.9 Å². The number of carboxylic acids is 1. The van der Waals surface area contributed by atoms with E-state index < -0.39 is 5.97 Å². The summed E-state index contributed by atoms with van der Waals surface area (Å²) < 4.78 is 11.2. The molecule has 0 saturated carbocycles. The fourth-order valence-corrected chi connectivity index (χ4v) is 3.53. The van der Waals surface area contributed by atoms with E-state index in [9.17, 15) is 9.90 Å². The molecule has 4 aromatic rings. The van der Waals surface area contributed by atoms with Crippen molar-refractivity contribution in [3.8, 4) is 22.1 Å². The van der Waals surface area contributed by atoms with Crippen LogP contribution in [0.2, 0.25) is 5.02 Å². The smallest absolute Gasteiger partial charge is 0.227 e. The van der Waals surface area contributed by atoms with Gasteiger partial charge in [0.1, 0.15) is 5.58 Å². The number of carboxylic acid groups (broad SMARTS) is 1. The maximum Gasteiger partial charge on any atom is 0.227 e. The van der Waals surface area contributed by atoms with Gasteiger partial charge in [-0.3, -0.25) is 0 Å². The lowest BCUT2D eigenvalue weighted by atomic mass is 10.1. The van der Waals surface area contributed by atoms with Crippen molar-refractivity contribution < 1.29 is 18.7 Å². The summed E-state index contributed by atoms with van der Waals surface area (Å²) >= 11 is 7.32. The van der Waals surface area contributed by atoms with E-state index in [4.69, 9.17) is 20.4 Å². The maximum atomic E-state index is 11.0. The number of thiophene rings is 1. The molecule has 0 amide bonds. The molecule has 3 heterocycles. The molecular weight excluding hydrogens is 350 g/mol. The van der Waals surface area contributed by atoms with Crippen LogP contribution >= 0.6 is 22.9 Å². The van der Waals surface area contributed by atoms with Crippen LogP contribution in [0.1, 0.15) is 5.69 Å². The number of hydrogen-bond donors (Lipinski definition) is 0. The van der Waals surface area contributed by atoms with E-state index in [2.05, 4.69) is 4.98 Å². The van der Waals surface area contributed by atoms with Gasteiger partial charge in [0.15, 0.2) is 5.76 Å². The van der Waals surface area contributed by atoms with Gasteiger partial charge in [-0.15, -0.1) is 11.3 Å². The van der Waals surface area contributed by atoms with Crippen LogP contribution in [0.15, 0.2) is 50.8 Å². The Labute approximate surface area is 145 Å². The zero-order chi connectivity index (χ0) is 16.7. The molecule has 0 bridgehead atoms. The molecule has 0 spiro atoms. The zero-order valence-electron chi connectivity index (χ0n) is 12.1. The van der Waals surface area contributed by atoms with Gasteiger partial charge < -0.3 is 18.7 Å². The molecule has 0 radical (unpaired) electrons. The Morgan fingerprint density at radius 1 is 1.29 bits per heavy atom. The first-order valence-electron chi connectivity index (χ1n) is 7.02. The van der Waals surface area contributed by atoms with Gasteiger partial charge in [0.05, 0.1) is 21.9 Å². The fourth-order valence-electron chi connectivity index (χ4n) is 2.46. The molecule has 5 nitrogen and oxygen atoms in total. The van der Waals surface area contributed by atoms with Crippen molar-refractivity contribution in [3.63, 3.8) is 0 Å². The molecule has 0 atom stereocenters. The lowest BCUT2D eigenvalue weighted by Gasteiger charge is -1.99. The van der Waals surface area contributed by atoms with Gasteiger partial charge in [0, 0.05) is 28.7 Å². The Morgan fingerprint density at radius 2 is 2.17 bits per heavy atom. The number of aliphatic carboxylic acids is 1. The summed E-state index contributed by atoms with van der Waals surface area (Å²) in [6, 6.07) is 9.05. The van der Waals surface area contributed by atoms with Crippen molar-refractivity contribution in [2.24, 2.45) is 0 Å². The summed E-state index contributed by atoms with van der Waals surface area (Å²) in [6.45, 7) is 0. The lowest BCUT2D eigenvalue weighted by Crippen LogP contribution is -2.24. The number of carbonyl (C=O) groups is 1. The van der Waals surface area contributed by atoms with E-state index >= 15 is 0 Å². The first kappa shape index (κ1) is 15.0. The molecule has 24 heavy (non-hydrogen) atoms. The number of carbonyl (C=O) groups excluding carboxylic acids is 1. The second-order valence-corrected chi connectivity index (χ2v) is 6.49. The molecule has 0 N–H and O–H groups in total. The second-order valence-electron chi connectivity index (χ2n) is 5.15. The average molecular weight is 359 g/mol. The summed E-state index contributed by atoms with van der Waals surface area (Å²) in [7, 11) is 0. The maximum absolute atomic E-state index is 11.0. The van der Waals surface area contributed by atoms with Crippen LogP contribution < -0.4 is 5.11 Å². The van der Waals surface area contributed by atoms with Crippen molar-refractivity contribution in [3.05, 3.63) is 52.7 Å². The summed E-state index contributed by atoms with van der Waals surface area (Å²) in [5.41, 5.74) is 1.80. The number of furan rings is 1. The van der Waals surface area contributed by atoms with Crippen LogP contribution in [0.4, 0.5) is 0 Å². The lowest BCUT2D eigenvalue weighted by molar-refractivity contribution is -0.304. The van der Waals surface area contributed by atoms with Gasteiger partial charge in [-0.25, -0.2) is 4.98 Å². The molecular formula is C17H9ClNO4S-. The number of fused-ring (bicyclic) bond motifs is 1. The highest BCUT2D eigenvalue weighted by atomic mass is 35.5. The highest BCUT2D eigenvalue weighted by molar-refractivity contribution is 7.14. The predicted octanol–water partition coefficient (Wildman–Crippen LogP) is 3.76. The Morgan fingerprint density at radius 3 is 2.92 bits per heavy atom. The number of rotatable bonds is 4. The third kappa shape index (κ3) is 2.70. The highest BCUT2D eigenvalue weighted by Crippen LogP contribution is 2.36. The molecule has 3 aromatic heterocycles. The van der Waals surface area contributed by atoms with Crippen molar-refractivity contribution in [2.75, 3.05) is 0 Å². The standard InChI is InChI=1S/C17H10ClNO4S/c18-11-6-14(24-8-11)16-12(7-15(20)21)19-17(23-16)10-1-2-13-9(5-10)3-4-22-13/h1-6,8H,7H2,(H,20,21)/p-1. The first-order valence-corrected chi connectivity index (χ1v) is 8.27. The monoisotopic (exact) mass is 358 g/mol. The summed E-state index contributed by atoms with van der Waals surface area (Å²) in [5.74, 6) is -0.476. The summed E-state index contributed by atoms with van der Waals surface area (Å²) in [5, 5.41) is 14.2. The minimum Gasteiger partial charge on any atom is -0.550 e. The van der Waals surface area contributed by atoms with E-state index in [1.807, 2.05) is 24.3 Å². The highest BCUT2D eigenvalue weighted by Gasteiger charge is 2.18. The number of hydrogen-bond acceptors (Lipinski definition) is 6. The van der Waals surface area contributed by atoms with E-state index in [1.165, 1.54) is 11.3 Å². The molecule has 120 valence electrons. The zero-order valence-corrected chi connectivity index (χ0v) is 13.7. The van der Waals surface area contributed by atoms with E-state index in [0.29, 0.717) is 22.4 Å². The molecule has 0 fully saturated rings. The van der Waals surface area contributed by atoms with Gasteiger partial charge >= 0.3 is 0 Å². The molecule has 0 unspecified atom stereocenters. The minimum atomic E-state index is -1.22. The molecule has 7 heteroatoms. The van der Waals surface area contributed by atoms with Crippen molar-refractivity contribution in [2.45, 2.75) is 6.42 Å². The first-order chi connectivity index (χ1) is 11.6. The van der Waals surface area contributed by atoms with Crippen LogP contribution in [0, 0.1) is 0 Å². The molecule has 0 saturated heterocycles. The number of benzene rings is 1. The Balaban J connectivity index is 1.83. The molecule has 0 aliphatic carbocycles. The number of halogens is 1. The summed E-state index contributed by atoms with van der Waals surface area (Å²) in [4.78, 5) is 16.1. The topological polar surface area (TPSA) is 79.3 Å². The van der Waals surface area contributed by atoms with E-state index in [-0.39, 0.29) is 6.42 Å². The third-order valence-electron chi connectivity index (χ3n) is 3.50. The quantitative estimate of drug-likeness (QED) is 0.555. The molecule has 0 aliphatic heterocycles. The van der Waals surface area contributed by atoms with Gasteiger partial charge in [-0.2, -0.15) is 0 Å². The number of nitrogens with zero attached hydrogens (tertiary/aromatic N) is 1. The summed E-state index contributed by atoms with van der Waals surface area (Å²) in [6.07, 6.45) is 1.27. The van der Waals surface area contributed by atoms with Gasteiger partial charge in [-0.05, 0) is 30.3 Å². The van der Waals surface area contributed by atoms with Gasteiger partial charge in [-0.1, -0.05) is 11.6 Å². The van der Waals surface area contributed by atoms with Crippen molar-refractivity contribution in [1.82, 2.24) is 4.98 Å². The predicted molar refractivity (Wildman–Crippen MR) is 88.7 cm³/mol. The van der Waals surface area contributed by atoms with Gasteiger partial charge in [0.2, 0.25) is 5.89 Å². The van der Waals surface area contributed by atoms with E-state index in [1.54, 1.807) is 17.7 Å². The van der Waals surface area contributed by atoms with Crippen molar-refractivity contribution in [1.29, 1.82) is 0 Å². The average Bonchev–Trinajstić information content (AvgIpc) is 3.24. The second kappa shape index (κ2) is 5.81. The minimum absolute atomic E-state index is 0.316. The normalized spacial score (nSPS) is 11.2. The van der Waals surface area contributed by atoms with Crippen LogP contribution in [0.25, 0.3) is 33.1 Å². The molecule has 0 aliphatic rings. The SMILES string of the molecule is O=C([O-])Cc1nc(-c2ccc3occc3c2)oc1-c1cc(Cl)cs1. The van der Waals surface area contributed by atoms with Crippen LogP contribution in [-0.2, 0) is 11.2 Å². The van der Waals surface area contributed by atoms with Crippen LogP contribution in [-0.4, -0.2) is 11.0 Å². The molecule has 4 rings (SSSR count). The third-order valence-corrected chi connectivity index (χ3v) is 4.78. The van der Waals surface area contributed by atoms with Crippen LogP contribution in [0.3, 0.4) is 0 Å². The van der Waals surface area contributed by atoms with Crippen LogP contribution in [0.5, 0.6) is 0 Å². The fraction of sp³-hybridized carbons (Fsp3) is 0.0588. The number of aromatic nitrogens is 1. The Kier molecular flexibility index (Phi) is 3.63.